The molecule has 2 atom stereocenters. The van der Waals surface area contributed by atoms with Crippen molar-refractivity contribution in [2.75, 3.05) is 12.5 Å². The molecule has 0 bridgehead atoms. The molecule has 7 heteroatoms. The van der Waals surface area contributed by atoms with E-state index >= 15 is 0 Å². The summed E-state index contributed by atoms with van der Waals surface area (Å²) in [5, 5.41) is 0. The third-order valence-corrected chi connectivity index (χ3v) is 0. The largest absolute Gasteiger partial charge is 2.00 e. The first-order chi connectivity index (χ1) is 3.46. The Hall–Kier alpha value is 1.70. The van der Waals surface area contributed by atoms with Crippen LogP contribution in [0.4, 0.5) is 0 Å². The van der Waals surface area contributed by atoms with Gasteiger partial charge in [-0.2, -0.15) is 0 Å². The molecule has 4 nitrogen and oxygen atoms in total. The molecule has 0 heterocycles. The van der Waals surface area contributed by atoms with Crippen molar-refractivity contribution in [3.05, 3.63) is 0 Å². The normalized spacial score (nSPS) is 13.8. The molecule has 0 saturated heterocycles. The van der Waals surface area contributed by atoms with Crippen molar-refractivity contribution < 1.29 is 17.5 Å². The van der Waals surface area contributed by atoms with Crippen LogP contribution in [-0.4, -0.2) is 75.5 Å². The van der Waals surface area contributed by atoms with Crippen LogP contribution in [0.2, 0.25) is 0 Å². The molecule has 0 aromatic heterocycles. The molecule has 0 aromatic rings. The smallest absolute Gasteiger partial charge is 0.773 e. The predicted molar refractivity (Wildman–Crippen MR) is 35.4 cm³/mol. The third kappa shape index (κ3) is 199. The standard InChI is InChI=1S/2CH4O2S.Sr/c2*1-4(2)3;/h2*1H3,(H,2,3);/q;;+2/p-2. The second kappa shape index (κ2) is 12.4. The summed E-state index contributed by atoms with van der Waals surface area (Å²) in [6.45, 7) is 0. The van der Waals surface area contributed by atoms with Crippen LogP contribution in [0.3, 0.4) is 0 Å². The quantitative estimate of drug-likeness (QED) is 0.389. The zero-order valence-electron chi connectivity index (χ0n) is 5.16. The van der Waals surface area contributed by atoms with Crippen molar-refractivity contribution in [1.29, 1.82) is 0 Å². The SMILES string of the molecule is CS(=O)[O-].CS(=O)[O-].[Sr+2]. The molecule has 0 aromatic carbocycles. The Labute approximate surface area is 96.3 Å². The second-order valence-corrected chi connectivity index (χ2v) is 2.41. The summed E-state index contributed by atoms with van der Waals surface area (Å²) in [5.41, 5.74) is 0. The molecular weight excluding hydrogens is 240 g/mol. The van der Waals surface area contributed by atoms with Crippen LogP contribution in [0.1, 0.15) is 0 Å². The summed E-state index contributed by atoms with van der Waals surface area (Å²) in [5.74, 6) is 0. The Morgan fingerprint density at radius 1 is 1.00 bits per heavy atom. The van der Waals surface area contributed by atoms with Gasteiger partial charge in [-0.3, -0.25) is 8.42 Å². The van der Waals surface area contributed by atoms with E-state index in [4.69, 9.17) is 17.5 Å². The topological polar surface area (TPSA) is 80.3 Å². The molecule has 0 fully saturated rings. The van der Waals surface area contributed by atoms with E-state index in [1.165, 1.54) is 0 Å². The molecule has 0 amide bonds. The molecule has 0 saturated carbocycles. The van der Waals surface area contributed by atoms with E-state index < -0.39 is 22.2 Å². The molecule has 0 aliphatic heterocycles. The molecular formula is C2H6O4S2Sr. The molecule has 0 aliphatic carbocycles. The van der Waals surface area contributed by atoms with Crippen molar-refractivity contribution in [2.24, 2.45) is 0 Å². The fourth-order valence-corrected chi connectivity index (χ4v) is 0. The van der Waals surface area contributed by atoms with E-state index in [2.05, 4.69) is 0 Å². The second-order valence-electron chi connectivity index (χ2n) is 0.803. The molecule has 9 heavy (non-hydrogen) atoms. The first kappa shape index (κ1) is 17.0. The Morgan fingerprint density at radius 2 is 1.00 bits per heavy atom. The number of hydrogen-bond acceptors (Lipinski definition) is 4. The zero-order valence-corrected chi connectivity index (χ0v) is 10.3. The van der Waals surface area contributed by atoms with Crippen LogP contribution >= 0.6 is 0 Å². The van der Waals surface area contributed by atoms with Gasteiger partial charge in [0.15, 0.2) is 0 Å². The maximum atomic E-state index is 9.00. The monoisotopic (exact) mass is 246 g/mol. The van der Waals surface area contributed by atoms with E-state index in [-0.39, 0.29) is 45.5 Å². The Bertz CT molecular complexity index is 74.6. The average Bonchev–Trinajstić information content (AvgIpc) is 1.25. The van der Waals surface area contributed by atoms with Gasteiger partial charge in [-0.05, 0) is 12.5 Å². The molecule has 0 N–H and O–H groups in total. The van der Waals surface area contributed by atoms with E-state index in [0.29, 0.717) is 0 Å². The van der Waals surface area contributed by atoms with Crippen LogP contribution in [0.25, 0.3) is 0 Å². The van der Waals surface area contributed by atoms with Gasteiger partial charge in [0.2, 0.25) is 0 Å². The fraction of sp³-hybridized carbons (Fsp3) is 1.00. The molecule has 52 valence electrons. The first-order valence-corrected chi connectivity index (χ1v) is 4.45. The molecule has 2 unspecified atom stereocenters. The van der Waals surface area contributed by atoms with Crippen molar-refractivity contribution in [3.63, 3.8) is 0 Å². The van der Waals surface area contributed by atoms with Gasteiger partial charge < -0.3 is 9.11 Å². The minimum Gasteiger partial charge on any atom is -0.773 e. The summed E-state index contributed by atoms with van der Waals surface area (Å²) < 4.78 is 36.0. The Balaban J connectivity index is -0.0000000720. The van der Waals surface area contributed by atoms with Gasteiger partial charge in [-0.25, -0.2) is 0 Å². The van der Waals surface area contributed by atoms with Crippen LogP contribution in [-0.2, 0) is 22.2 Å². The van der Waals surface area contributed by atoms with Gasteiger partial charge in [0.1, 0.15) is 0 Å². The molecule has 0 spiro atoms. The minimum absolute atomic E-state index is 0. The minimum atomic E-state index is -1.86. The summed E-state index contributed by atoms with van der Waals surface area (Å²) in [6.07, 6.45) is 2.17. The summed E-state index contributed by atoms with van der Waals surface area (Å²) in [6, 6.07) is 0. The van der Waals surface area contributed by atoms with Crippen LogP contribution < -0.4 is 0 Å². The Kier molecular flexibility index (Phi) is 23.4. The zero-order chi connectivity index (χ0) is 7.15. The van der Waals surface area contributed by atoms with Crippen LogP contribution in [0, 0.1) is 0 Å². The summed E-state index contributed by atoms with van der Waals surface area (Å²) in [7, 11) is 0. The maximum absolute atomic E-state index is 9.00. The average molecular weight is 246 g/mol. The fourth-order valence-electron chi connectivity index (χ4n) is 0. The van der Waals surface area contributed by atoms with Gasteiger partial charge >= 0.3 is 45.5 Å². The van der Waals surface area contributed by atoms with E-state index in [0.717, 1.165) is 12.5 Å². The number of hydrogen-bond donors (Lipinski definition) is 0. The van der Waals surface area contributed by atoms with Gasteiger partial charge in [-0.15, -0.1) is 0 Å². The van der Waals surface area contributed by atoms with E-state index in [1.54, 1.807) is 0 Å². The Morgan fingerprint density at radius 3 is 1.00 bits per heavy atom. The molecule has 0 aliphatic rings. The van der Waals surface area contributed by atoms with Crippen molar-refractivity contribution in [1.82, 2.24) is 0 Å². The van der Waals surface area contributed by atoms with Gasteiger partial charge in [0, 0.05) is 0 Å². The summed E-state index contributed by atoms with van der Waals surface area (Å²) >= 11 is -3.72. The predicted octanol–water partition coefficient (Wildman–Crippen LogP) is -1.39. The first-order valence-electron chi connectivity index (χ1n) is 1.48. The molecule has 0 rings (SSSR count). The third-order valence-electron chi connectivity index (χ3n) is 0. The van der Waals surface area contributed by atoms with Crippen molar-refractivity contribution in [3.8, 4) is 0 Å². The van der Waals surface area contributed by atoms with Gasteiger partial charge in [0.25, 0.3) is 0 Å². The van der Waals surface area contributed by atoms with Gasteiger partial charge in [-0.1, -0.05) is 22.2 Å². The van der Waals surface area contributed by atoms with E-state index in [1.807, 2.05) is 0 Å². The molecule has 0 radical (unpaired) electrons. The maximum Gasteiger partial charge on any atom is 2.00 e. The summed E-state index contributed by atoms with van der Waals surface area (Å²) in [4.78, 5) is 0. The van der Waals surface area contributed by atoms with E-state index in [9.17, 15) is 0 Å². The van der Waals surface area contributed by atoms with Crippen LogP contribution in [0.5, 0.6) is 0 Å². The number of rotatable bonds is 0. The van der Waals surface area contributed by atoms with Crippen molar-refractivity contribution in [2.45, 2.75) is 0 Å². The van der Waals surface area contributed by atoms with Crippen LogP contribution in [0.15, 0.2) is 0 Å². The van der Waals surface area contributed by atoms with Crippen molar-refractivity contribution >= 4 is 67.6 Å². The van der Waals surface area contributed by atoms with Gasteiger partial charge in [0.05, 0.1) is 0 Å².